The highest BCUT2D eigenvalue weighted by molar-refractivity contribution is 5.96. The first-order valence-corrected chi connectivity index (χ1v) is 4.40. The van der Waals surface area contributed by atoms with Crippen molar-refractivity contribution >= 4 is 5.78 Å². The molecule has 0 radical (unpaired) electrons. The molecule has 0 aromatic rings. The van der Waals surface area contributed by atoms with E-state index in [9.17, 15) is 4.79 Å². The van der Waals surface area contributed by atoms with Crippen LogP contribution >= 0.6 is 0 Å². The first-order chi connectivity index (χ1) is 5.76. The van der Waals surface area contributed by atoms with E-state index in [0.29, 0.717) is 5.57 Å². The predicted octanol–water partition coefficient (Wildman–Crippen LogP) is 0.937. The maximum atomic E-state index is 11.1. The summed E-state index contributed by atoms with van der Waals surface area (Å²) in [5, 5.41) is 0. The quantitative estimate of drug-likeness (QED) is 0.460. The smallest absolute Gasteiger partial charge is 0.173 e. The van der Waals surface area contributed by atoms with Gasteiger partial charge in [0.25, 0.3) is 0 Å². The van der Waals surface area contributed by atoms with Crippen molar-refractivity contribution in [1.29, 1.82) is 0 Å². The Morgan fingerprint density at radius 2 is 2.08 bits per heavy atom. The highest BCUT2D eigenvalue weighted by Crippen LogP contribution is 2.08. The van der Waals surface area contributed by atoms with E-state index in [1.165, 1.54) is 6.20 Å². The van der Waals surface area contributed by atoms with Crippen molar-refractivity contribution in [3.63, 3.8) is 0 Å². The van der Waals surface area contributed by atoms with Crippen LogP contribution in [0.3, 0.4) is 0 Å². The molecule has 0 saturated carbocycles. The minimum atomic E-state index is -0.0337. The third-order valence-electron chi connectivity index (χ3n) is 1.79. The molecule has 4 N–H and O–H groups in total. The Morgan fingerprint density at radius 3 is 2.50 bits per heavy atom. The SMILES string of the molecule is CCCCCC(=CN)C(=O)CN. The van der Waals surface area contributed by atoms with Crippen molar-refractivity contribution in [2.24, 2.45) is 11.5 Å². The van der Waals surface area contributed by atoms with Gasteiger partial charge in [0.2, 0.25) is 0 Å². The molecule has 70 valence electrons. The third kappa shape index (κ3) is 4.13. The Hall–Kier alpha value is -0.830. The topological polar surface area (TPSA) is 69.1 Å². The molecule has 0 heterocycles. The lowest BCUT2D eigenvalue weighted by molar-refractivity contribution is -0.114. The van der Waals surface area contributed by atoms with Gasteiger partial charge in [0, 0.05) is 11.8 Å². The fourth-order valence-corrected chi connectivity index (χ4v) is 1.01. The van der Waals surface area contributed by atoms with Crippen LogP contribution in [-0.4, -0.2) is 12.3 Å². The Kier molecular flexibility index (Phi) is 6.38. The molecule has 0 aromatic heterocycles. The van der Waals surface area contributed by atoms with Crippen LogP contribution in [0.2, 0.25) is 0 Å². The summed E-state index contributed by atoms with van der Waals surface area (Å²) >= 11 is 0. The zero-order valence-electron chi connectivity index (χ0n) is 7.68. The van der Waals surface area contributed by atoms with E-state index in [0.717, 1.165) is 25.7 Å². The molecule has 0 aliphatic heterocycles. The molecule has 12 heavy (non-hydrogen) atoms. The number of rotatable bonds is 6. The predicted molar refractivity (Wildman–Crippen MR) is 50.5 cm³/mol. The van der Waals surface area contributed by atoms with Gasteiger partial charge in [0.15, 0.2) is 5.78 Å². The number of Topliss-reactive ketones (excluding diaryl/α,β-unsaturated/α-hetero) is 1. The summed E-state index contributed by atoms with van der Waals surface area (Å²) in [4.78, 5) is 11.1. The van der Waals surface area contributed by atoms with Crippen LogP contribution in [0.1, 0.15) is 32.6 Å². The summed E-state index contributed by atoms with van der Waals surface area (Å²) in [6, 6.07) is 0. The zero-order chi connectivity index (χ0) is 9.40. The van der Waals surface area contributed by atoms with Crippen LogP contribution in [-0.2, 0) is 4.79 Å². The van der Waals surface area contributed by atoms with Crippen LogP contribution in [0.4, 0.5) is 0 Å². The summed E-state index contributed by atoms with van der Waals surface area (Å²) in [5.74, 6) is -0.0337. The van der Waals surface area contributed by atoms with Gasteiger partial charge in [-0.3, -0.25) is 4.79 Å². The van der Waals surface area contributed by atoms with Crippen molar-refractivity contribution in [3.8, 4) is 0 Å². The second-order valence-corrected chi connectivity index (χ2v) is 2.78. The van der Waals surface area contributed by atoms with Gasteiger partial charge in [0.1, 0.15) is 0 Å². The first-order valence-electron chi connectivity index (χ1n) is 4.40. The Morgan fingerprint density at radius 1 is 1.42 bits per heavy atom. The largest absolute Gasteiger partial charge is 0.404 e. The molecular formula is C9H18N2O. The fraction of sp³-hybridized carbons (Fsp3) is 0.667. The molecule has 0 aliphatic carbocycles. The Labute approximate surface area is 73.8 Å². The molecule has 0 bridgehead atoms. The van der Waals surface area contributed by atoms with Gasteiger partial charge in [-0.05, 0) is 12.8 Å². The normalized spacial score (nSPS) is 11.7. The maximum Gasteiger partial charge on any atom is 0.173 e. The molecule has 0 aliphatic rings. The van der Waals surface area contributed by atoms with Gasteiger partial charge in [-0.2, -0.15) is 0 Å². The van der Waals surface area contributed by atoms with Crippen molar-refractivity contribution < 1.29 is 4.79 Å². The van der Waals surface area contributed by atoms with Crippen LogP contribution < -0.4 is 11.5 Å². The summed E-state index contributed by atoms with van der Waals surface area (Å²) in [5.41, 5.74) is 11.2. The molecule has 0 fully saturated rings. The van der Waals surface area contributed by atoms with Crippen molar-refractivity contribution in [1.82, 2.24) is 0 Å². The third-order valence-corrected chi connectivity index (χ3v) is 1.79. The minimum Gasteiger partial charge on any atom is -0.404 e. The average molecular weight is 170 g/mol. The van der Waals surface area contributed by atoms with E-state index in [1.54, 1.807) is 0 Å². The van der Waals surface area contributed by atoms with Crippen molar-refractivity contribution in [3.05, 3.63) is 11.8 Å². The first kappa shape index (κ1) is 11.2. The molecular weight excluding hydrogens is 152 g/mol. The summed E-state index contributed by atoms with van der Waals surface area (Å²) in [7, 11) is 0. The van der Waals surface area contributed by atoms with E-state index in [-0.39, 0.29) is 12.3 Å². The Balaban J connectivity index is 3.77. The second-order valence-electron chi connectivity index (χ2n) is 2.78. The lowest BCUT2D eigenvalue weighted by atomic mass is 10.0. The number of carbonyl (C=O) groups excluding carboxylic acids is 1. The van der Waals surface area contributed by atoms with Crippen LogP contribution in [0.15, 0.2) is 11.8 Å². The standard InChI is InChI=1S/C9H18N2O/c1-2-3-4-5-8(6-10)9(12)7-11/h6H,2-5,7,10-11H2,1H3. The van der Waals surface area contributed by atoms with Crippen molar-refractivity contribution in [2.45, 2.75) is 32.6 Å². The molecule has 0 saturated heterocycles. The monoisotopic (exact) mass is 170 g/mol. The second kappa shape index (κ2) is 6.85. The van der Waals surface area contributed by atoms with E-state index < -0.39 is 0 Å². The maximum absolute atomic E-state index is 11.1. The van der Waals surface area contributed by atoms with Gasteiger partial charge in [-0.1, -0.05) is 19.8 Å². The van der Waals surface area contributed by atoms with Gasteiger partial charge in [0.05, 0.1) is 6.54 Å². The molecule has 0 aromatic carbocycles. The number of nitrogens with two attached hydrogens (primary N) is 2. The van der Waals surface area contributed by atoms with E-state index >= 15 is 0 Å². The van der Waals surface area contributed by atoms with Gasteiger partial charge in [-0.25, -0.2) is 0 Å². The molecule has 0 rings (SSSR count). The zero-order valence-corrected chi connectivity index (χ0v) is 7.68. The highest BCUT2D eigenvalue weighted by Gasteiger charge is 2.05. The highest BCUT2D eigenvalue weighted by atomic mass is 16.1. The van der Waals surface area contributed by atoms with E-state index in [2.05, 4.69) is 6.92 Å². The van der Waals surface area contributed by atoms with Crippen molar-refractivity contribution in [2.75, 3.05) is 6.54 Å². The van der Waals surface area contributed by atoms with Crippen LogP contribution in [0.25, 0.3) is 0 Å². The summed E-state index contributed by atoms with van der Waals surface area (Å²) in [6.45, 7) is 2.19. The average Bonchev–Trinajstić information content (AvgIpc) is 2.11. The van der Waals surface area contributed by atoms with E-state index in [1.807, 2.05) is 0 Å². The van der Waals surface area contributed by atoms with Crippen LogP contribution in [0, 0.1) is 0 Å². The summed E-state index contributed by atoms with van der Waals surface area (Å²) in [6.07, 6.45) is 5.44. The number of hydrogen-bond donors (Lipinski definition) is 2. The molecule has 0 amide bonds. The van der Waals surface area contributed by atoms with Crippen LogP contribution in [0.5, 0.6) is 0 Å². The van der Waals surface area contributed by atoms with Gasteiger partial charge >= 0.3 is 0 Å². The molecule has 3 heteroatoms. The molecule has 0 unspecified atom stereocenters. The number of carbonyl (C=O) groups is 1. The lowest BCUT2D eigenvalue weighted by Gasteiger charge is -2.02. The number of unbranched alkanes of at least 4 members (excludes halogenated alkanes) is 2. The summed E-state index contributed by atoms with van der Waals surface area (Å²) < 4.78 is 0. The molecule has 0 atom stereocenters. The fourth-order valence-electron chi connectivity index (χ4n) is 1.01. The minimum absolute atomic E-state index is 0.0337. The van der Waals surface area contributed by atoms with Gasteiger partial charge < -0.3 is 11.5 Å². The van der Waals surface area contributed by atoms with E-state index in [4.69, 9.17) is 11.5 Å². The number of ketones is 1. The molecule has 3 nitrogen and oxygen atoms in total. The number of hydrogen-bond acceptors (Lipinski definition) is 3. The van der Waals surface area contributed by atoms with Gasteiger partial charge in [-0.15, -0.1) is 0 Å². The molecule has 0 spiro atoms. The lowest BCUT2D eigenvalue weighted by Crippen LogP contribution is -2.16. The Bertz CT molecular complexity index is 164.